The lowest BCUT2D eigenvalue weighted by molar-refractivity contribution is 0.179. The maximum atomic E-state index is 13.0. The maximum absolute atomic E-state index is 13.0. The van der Waals surface area contributed by atoms with Crippen LogP contribution in [0.1, 0.15) is 12.5 Å². The molecule has 140 valence electrons. The first-order valence-corrected chi connectivity index (χ1v) is 10.1. The minimum absolute atomic E-state index is 0.133. The van der Waals surface area contributed by atoms with Crippen molar-refractivity contribution in [3.05, 3.63) is 59.9 Å². The van der Waals surface area contributed by atoms with Crippen molar-refractivity contribution in [3.8, 4) is 5.75 Å². The molecular formula is C19H23FN2O3S. The van der Waals surface area contributed by atoms with Gasteiger partial charge in [0.15, 0.2) is 0 Å². The number of nitrogens with zero attached hydrogens (tertiary/aromatic N) is 2. The van der Waals surface area contributed by atoms with E-state index in [4.69, 9.17) is 4.74 Å². The molecule has 0 aromatic heterocycles. The van der Waals surface area contributed by atoms with Crippen molar-refractivity contribution in [2.24, 2.45) is 0 Å². The van der Waals surface area contributed by atoms with E-state index < -0.39 is 15.8 Å². The van der Waals surface area contributed by atoms with E-state index >= 15 is 0 Å². The van der Waals surface area contributed by atoms with Crippen LogP contribution in [-0.2, 0) is 16.6 Å². The number of piperazine rings is 1. The fraction of sp³-hybridized carbons (Fsp3) is 0.368. The molecular weight excluding hydrogens is 355 g/mol. The van der Waals surface area contributed by atoms with E-state index in [1.165, 1.54) is 28.6 Å². The second-order valence-electron chi connectivity index (χ2n) is 6.17. The Morgan fingerprint density at radius 1 is 1.00 bits per heavy atom. The van der Waals surface area contributed by atoms with Crippen LogP contribution in [0.3, 0.4) is 0 Å². The third kappa shape index (κ3) is 4.23. The molecule has 1 aliphatic rings. The summed E-state index contributed by atoms with van der Waals surface area (Å²) >= 11 is 0. The largest absolute Gasteiger partial charge is 0.494 e. The highest BCUT2D eigenvalue weighted by Gasteiger charge is 2.28. The molecule has 0 atom stereocenters. The van der Waals surface area contributed by atoms with Gasteiger partial charge >= 0.3 is 0 Å². The van der Waals surface area contributed by atoms with E-state index in [2.05, 4.69) is 4.90 Å². The summed E-state index contributed by atoms with van der Waals surface area (Å²) < 4.78 is 45.5. The maximum Gasteiger partial charge on any atom is 0.243 e. The van der Waals surface area contributed by atoms with E-state index in [0.29, 0.717) is 32.8 Å². The number of benzene rings is 2. The molecule has 0 aliphatic carbocycles. The van der Waals surface area contributed by atoms with Crippen molar-refractivity contribution in [2.75, 3.05) is 32.8 Å². The van der Waals surface area contributed by atoms with Gasteiger partial charge in [-0.15, -0.1) is 0 Å². The molecule has 0 N–H and O–H groups in total. The van der Waals surface area contributed by atoms with Gasteiger partial charge in [0.2, 0.25) is 10.0 Å². The standard InChI is InChI=1S/C19H23FN2O3S/c1-2-25-19-6-4-3-5-16(19)15-21-11-13-22(14-12-21)26(23,24)18-9-7-17(20)8-10-18/h3-10H,2,11-15H2,1H3. The third-order valence-corrected chi connectivity index (χ3v) is 6.36. The summed E-state index contributed by atoms with van der Waals surface area (Å²) in [5, 5.41) is 0. The highest BCUT2D eigenvalue weighted by atomic mass is 32.2. The first kappa shape index (κ1) is 18.8. The lowest BCUT2D eigenvalue weighted by atomic mass is 10.2. The van der Waals surface area contributed by atoms with Crippen molar-refractivity contribution >= 4 is 10.0 Å². The van der Waals surface area contributed by atoms with Gasteiger partial charge in [0.1, 0.15) is 11.6 Å². The molecule has 26 heavy (non-hydrogen) atoms. The van der Waals surface area contributed by atoms with Gasteiger partial charge in [0.25, 0.3) is 0 Å². The van der Waals surface area contributed by atoms with Crippen molar-refractivity contribution in [1.29, 1.82) is 0 Å². The van der Waals surface area contributed by atoms with E-state index in [1.54, 1.807) is 0 Å². The number of halogens is 1. The Hall–Kier alpha value is -1.96. The smallest absolute Gasteiger partial charge is 0.243 e. The van der Waals surface area contributed by atoms with Crippen molar-refractivity contribution < 1.29 is 17.5 Å². The van der Waals surface area contributed by atoms with E-state index in [-0.39, 0.29) is 4.90 Å². The normalized spacial score (nSPS) is 16.5. The lowest BCUT2D eigenvalue weighted by Gasteiger charge is -2.34. The van der Waals surface area contributed by atoms with Gasteiger partial charge in [-0.1, -0.05) is 18.2 Å². The third-order valence-electron chi connectivity index (χ3n) is 4.45. The number of ether oxygens (including phenoxy) is 1. The van der Waals surface area contributed by atoms with Crippen LogP contribution in [0.2, 0.25) is 0 Å². The molecule has 1 fully saturated rings. The highest BCUT2D eigenvalue weighted by molar-refractivity contribution is 7.89. The Kier molecular flexibility index (Phi) is 5.90. The van der Waals surface area contributed by atoms with Crippen LogP contribution in [-0.4, -0.2) is 50.4 Å². The van der Waals surface area contributed by atoms with Crippen LogP contribution in [0.25, 0.3) is 0 Å². The summed E-state index contributed by atoms with van der Waals surface area (Å²) in [5.74, 6) is 0.429. The average molecular weight is 378 g/mol. The predicted octanol–water partition coefficient (Wildman–Crippen LogP) is 2.73. The summed E-state index contributed by atoms with van der Waals surface area (Å²) in [7, 11) is -3.58. The number of hydrogen-bond acceptors (Lipinski definition) is 4. The van der Waals surface area contributed by atoms with Crippen LogP contribution in [0.15, 0.2) is 53.4 Å². The first-order valence-electron chi connectivity index (χ1n) is 8.69. The van der Waals surface area contributed by atoms with Gasteiger partial charge in [-0.2, -0.15) is 4.31 Å². The van der Waals surface area contributed by atoms with E-state index in [0.717, 1.165) is 17.9 Å². The molecule has 1 heterocycles. The highest BCUT2D eigenvalue weighted by Crippen LogP contribution is 2.22. The van der Waals surface area contributed by atoms with Crippen molar-refractivity contribution in [2.45, 2.75) is 18.4 Å². The minimum atomic E-state index is -3.58. The predicted molar refractivity (Wildman–Crippen MR) is 98.0 cm³/mol. The quantitative estimate of drug-likeness (QED) is 0.776. The molecule has 3 rings (SSSR count). The summed E-state index contributed by atoms with van der Waals surface area (Å²) in [6.45, 7) is 5.39. The van der Waals surface area contributed by atoms with Crippen LogP contribution in [0.5, 0.6) is 5.75 Å². The monoisotopic (exact) mass is 378 g/mol. The fourth-order valence-electron chi connectivity index (χ4n) is 3.06. The average Bonchev–Trinajstić information content (AvgIpc) is 2.64. The molecule has 0 radical (unpaired) electrons. The second kappa shape index (κ2) is 8.16. The van der Waals surface area contributed by atoms with Crippen molar-refractivity contribution in [1.82, 2.24) is 9.21 Å². The topological polar surface area (TPSA) is 49.9 Å². The zero-order valence-corrected chi connectivity index (χ0v) is 15.6. The molecule has 7 heteroatoms. The second-order valence-corrected chi connectivity index (χ2v) is 8.11. The van der Waals surface area contributed by atoms with E-state index in [9.17, 15) is 12.8 Å². The van der Waals surface area contributed by atoms with Crippen LogP contribution >= 0.6 is 0 Å². The van der Waals surface area contributed by atoms with Crippen LogP contribution in [0, 0.1) is 5.82 Å². The molecule has 0 spiro atoms. The molecule has 0 unspecified atom stereocenters. The number of hydrogen-bond donors (Lipinski definition) is 0. The van der Waals surface area contributed by atoms with Crippen LogP contribution in [0.4, 0.5) is 4.39 Å². The van der Waals surface area contributed by atoms with Gasteiger partial charge in [-0.25, -0.2) is 12.8 Å². The molecule has 2 aromatic rings. The SMILES string of the molecule is CCOc1ccccc1CN1CCN(S(=O)(=O)c2ccc(F)cc2)CC1. The zero-order chi connectivity index (χ0) is 18.6. The summed E-state index contributed by atoms with van der Waals surface area (Å²) in [5.41, 5.74) is 1.10. The lowest BCUT2D eigenvalue weighted by Crippen LogP contribution is -2.48. The van der Waals surface area contributed by atoms with Gasteiger partial charge in [-0.3, -0.25) is 4.90 Å². The molecule has 2 aromatic carbocycles. The number of para-hydroxylation sites is 1. The molecule has 0 saturated carbocycles. The number of rotatable bonds is 6. The fourth-order valence-corrected chi connectivity index (χ4v) is 4.48. The summed E-state index contributed by atoms with van der Waals surface area (Å²) in [6.07, 6.45) is 0. The van der Waals surface area contributed by atoms with Gasteiger partial charge in [0, 0.05) is 38.3 Å². The molecule has 1 aliphatic heterocycles. The molecule has 1 saturated heterocycles. The first-order chi connectivity index (χ1) is 12.5. The minimum Gasteiger partial charge on any atom is -0.494 e. The van der Waals surface area contributed by atoms with Gasteiger partial charge < -0.3 is 4.74 Å². The molecule has 0 bridgehead atoms. The Morgan fingerprint density at radius 2 is 1.65 bits per heavy atom. The van der Waals surface area contributed by atoms with Crippen molar-refractivity contribution in [3.63, 3.8) is 0 Å². The Labute approximate surface area is 154 Å². The summed E-state index contributed by atoms with van der Waals surface area (Å²) in [4.78, 5) is 2.35. The molecule has 0 amide bonds. The van der Waals surface area contributed by atoms with Gasteiger partial charge in [-0.05, 0) is 37.3 Å². The zero-order valence-electron chi connectivity index (χ0n) is 14.8. The molecule has 5 nitrogen and oxygen atoms in total. The van der Waals surface area contributed by atoms with E-state index in [1.807, 2.05) is 31.2 Å². The summed E-state index contributed by atoms with van der Waals surface area (Å²) in [6, 6.07) is 12.9. The Bertz CT molecular complexity index is 832. The van der Waals surface area contributed by atoms with Crippen LogP contribution < -0.4 is 4.74 Å². The van der Waals surface area contributed by atoms with Gasteiger partial charge in [0.05, 0.1) is 11.5 Å². The number of sulfonamides is 1. The Morgan fingerprint density at radius 3 is 2.31 bits per heavy atom. The Balaban J connectivity index is 1.63.